The maximum Gasteiger partial charge on any atom is 0.265 e. The summed E-state index contributed by atoms with van der Waals surface area (Å²) in [6.07, 6.45) is -0.574. The van der Waals surface area contributed by atoms with Crippen LogP contribution in [0.1, 0.15) is 6.92 Å². The molecular formula is C17H14F2N2O3S. The highest BCUT2D eigenvalue weighted by molar-refractivity contribution is 8.00. The van der Waals surface area contributed by atoms with E-state index in [9.17, 15) is 18.4 Å². The Hall–Kier alpha value is -2.61. The van der Waals surface area contributed by atoms with E-state index < -0.39 is 17.7 Å². The molecule has 0 aromatic heterocycles. The van der Waals surface area contributed by atoms with Crippen LogP contribution in [0.2, 0.25) is 0 Å². The zero-order chi connectivity index (χ0) is 18.0. The Labute approximate surface area is 146 Å². The minimum absolute atomic E-state index is 0.0421. The van der Waals surface area contributed by atoms with Crippen LogP contribution in [0, 0.1) is 11.6 Å². The summed E-state index contributed by atoms with van der Waals surface area (Å²) < 4.78 is 31.8. The van der Waals surface area contributed by atoms with E-state index in [0.717, 1.165) is 23.9 Å². The van der Waals surface area contributed by atoms with Gasteiger partial charge in [-0.05, 0) is 37.3 Å². The Balaban J connectivity index is 1.61. The zero-order valence-electron chi connectivity index (χ0n) is 13.1. The molecule has 0 spiro atoms. The third-order valence-electron chi connectivity index (χ3n) is 3.45. The quantitative estimate of drug-likeness (QED) is 0.816. The number of hydrogen-bond donors (Lipinski definition) is 2. The van der Waals surface area contributed by atoms with Crippen molar-refractivity contribution in [2.45, 2.75) is 17.9 Å². The van der Waals surface area contributed by atoms with E-state index in [2.05, 4.69) is 10.6 Å². The fourth-order valence-electron chi connectivity index (χ4n) is 2.22. The standard InChI is InChI=1S/C17H14F2N2O3S/c1-9-17(23)21-13-7-11(3-4-14(13)24-9)20-16(22)8-25-15-5-2-10(18)6-12(15)19/h2-7,9H,8H2,1H3,(H,20,22)(H,21,23). The first kappa shape index (κ1) is 17.2. The van der Waals surface area contributed by atoms with Crippen molar-refractivity contribution in [3.05, 3.63) is 48.0 Å². The number of carbonyl (C=O) groups excluding carboxylic acids is 2. The molecule has 1 atom stereocenters. The van der Waals surface area contributed by atoms with Gasteiger partial charge in [-0.15, -0.1) is 11.8 Å². The van der Waals surface area contributed by atoms with Gasteiger partial charge in [-0.1, -0.05) is 0 Å². The van der Waals surface area contributed by atoms with Gasteiger partial charge in [0.15, 0.2) is 6.10 Å². The van der Waals surface area contributed by atoms with Gasteiger partial charge in [-0.25, -0.2) is 8.78 Å². The normalized spacial score (nSPS) is 15.8. The molecule has 0 saturated heterocycles. The molecule has 1 aliphatic rings. The van der Waals surface area contributed by atoms with E-state index in [1.807, 2.05) is 0 Å². The summed E-state index contributed by atoms with van der Waals surface area (Å²) in [6, 6.07) is 8.07. The van der Waals surface area contributed by atoms with Gasteiger partial charge in [-0.3, -0.25) is 9.59 Å². The molecule has 25 heavy (non-hydrogen) atoms. The SMILES string of the molecule is CC1Oc2ccc(NC(=O)CSc3ccc(F)cc3F)cc2NC1=O. The minimum atomic E-state index is -0.708. The van der Waals surface area contributed by atoms with Crippen molar-refractivity contribution >= 4 is 35.0 Å². The van der Waals surface area contributed by atoms with Crippen molar-refractivity contribution < 1.29 is 23.1 Å². The molecule has 0 aliphatic carbocycles. The fourth-order valence-corrected chi connectivity index (χ4v) is 2.94. The molecule has 0 fully saturated rings. The number of ether oxygens (including phenoxy) is 1. The van der Waals surface area contributed by atoms with Crippen LogP contribution in [-0.4, -0.2) is 23.7 Å². The second-order valence-electron chi connectivity index (χ2n) is 5.37. The van der Waals surface area contributed by atoms with Crippen LogP contribution in [0.3, 0.4) is 0 Å². The summed E-state index contributed by atoms with van der Waals surface area (Å²) >= 11 is 0.964. The number of anilines is 2. The maximum absolute atomic E-state index is 13.5. The Kier molecular flexibility index (Phi) is 4.89. The van der Waals surface area contributed by atoms with Gasteiger partial charge >= 0.3 is 0 Å². The number of amides is 2. The van der Waals surface area contributed by atoms with Crippen LogP contribution in [0.5, 0.6) is 5.75 Å². The lowest BCUT2D eigenvalue weighted by Crippen LogP contribution is -2.34. The summed E-state index contributed by atoms with van der Waals surface area (Å²) in [5, 5.41) is 5.34. The molecule has 0 saturated carbocycles. The van der Waals surface area contributed by atoms with Crippen molar-refractivity contribution in [3.8, 4) is 5.75 Å². The molecule has 1 unspecified atom stereocenters. The molecule has 2 N–H and O–H groups in total. The summed E-state index contributed by atoms with van der Waals surface area (Å²) in [4.78, 5) is 23.8. The first-order chi connectivity index (χ1) is 11.9. The van der Waals surface area contributed by atoms with Gasteiger partial charge in [0, 0.05) is 16.6 Å². The third kappa shape index (κ3) is 4.08. The number of thioether (sulfide) groups is 1. The monoisotopic (exact) mass is 364 g/mol. The van der Waals surface area contributed by atoms with Crippen molar-refractivity contribution in [3.63, 3.8) is 0 Å². The van der Waals surface area contributed by atoms with E-state index in [4.69, 9.17) is 4.74 Å². The van der Waals surface area contributed by atoms with Gasteiger partial charge in [0.05, 0.1) is 11.4 Å². The molecule has 1 heterocycles. The summed E-state index contributed by atoms with van der Waals surface area (Å²) in [7, 11) is 0. The molecule has 2 amide bonds. The highest BCUT2D eigenvalue weighted by Crippen LogP contribution is 2.32. The molecular weight excluding hydrogens is 350 g/mol. The van der Waals surface area contributed by atoms with E-state index in [1.165, 1.54) is 6.07 Å². The van der Waals surface area contributed by atoms with E-state index in [0.29, 0.717) is 17.1 Å². The first-order valence-corrected chi connectivity index (χ1v) is 8.40. The van der Waals surface area contributed by atoms with Crippen LogP contribution >= 0.6 is 11.8 Å². The Bertz CT molecular complexity index is 845. The van der Waals surface area contributed by atoms with Crippen LogP contribution in [-0.2, 0) is 9.59 Å². The molecule has 1 aliphatic heterocycles. The minimum Gasteiger partial charge on any atom is -0.479 e. The highest BCUT2D eigenvalue weighted by atomic mass is 32.2. The average Bonchev–Trinajstić information content (AvgIpc) is 2.55. The second kappa shape index (κ2) is 7.10. The number of rotatable bonds is 4. The molecule has 130 valence electrons. The van der Waals surface area contributed by atoms with Gasteiger partial charge in [0.25, 0.3) is 5.91 Å². The fraction of sp³-hybridized carbons (Fsp3) is 0.176. The van der Waals surface area contributed by atoms with Crippen LogP contribution in [0.4, 0.5) is 20.2 Å². The Morgan fingerprint density at radius 2 is 2.08 bits per heavy atom. The number of benzene rings is 2. The second-order valence-corrected chi connectivity index (χ2v) is 6.39. The van der Waals surface area contributed by atoms with Crippen molar-refractivity contribution in [2.24, 2.45) is 0 Å². The predicted octanol–water partition coefficient (Wildman–Crippen LogP) is 3.42. The number of nitrogens with one attached hydrogen (secondary N) is 2. The molecule has 5 nitrogen and oxygen atoms in total. The number of fused-ring (bicyclic) bond motifs is 1. The van der Waals surface area contributed by atoms with Crippen LogP contribution in [0.15, 0.2) is 41.3 Å². The lowest BCUT2D eigenvalue weighted by atomic mass is 10.2. The van der Waals surface area contributed by atoms with E-state index >= 15 is 0 Å². The van der Waals surface area contributed by atoms with E-state index in [1.54, 1.807) is 25.1 Å². The number of carbonyl (C=O) groups is 2. The third-order valence-corrected chi connectivity index (χ3v) is 4.50. The number of hydrogen-bond acceptors (Lipinski definition) is 4. The molecule has 0 bridgehead atoms. The largest absolute Gasteiger partial charge is 0.479 e. The van der Waals surface area contributed by atoms with E-state index in [-0.39, 0.29) is 22.5 Å². The molecule has 2 aromatic rings. The first-order valence-electron chi connectivity index (χ1n) is 7.41. The molecule has 8 heteroatoms. The number of halogens is 2. The van der Waals surface area contributed by atoms with Gasteiger partial charge in [0.1, 0.15) is 17.4 Å². The van der Waals surface area contributed by atoms with Crippen molar-refractivity contribution in [2.75, 3.05) is 16.4 Å². The Morgan fingerprint density at radius 1 is 1.28 bits per heavy atom. The van der Waals surface area contributed by atoms with Gasteiger partial charge in [-0.2, -0.15) is 0 Å². The van der Waals surface area contributed by atoms with Gasteiger partial charge < -0.3 is 15.4 Å². The smallest absolute Gasteiger partial charge is 0.265 e. The summed E-state index contributed by atoms with van der Waals surface area (Å²) in [5.74, 6) is -1.52. The summed E-state index contributed by atoms with van der Waals surface area (Å²) in [5.41, 5.74) is 0.945. The van der Waals surface area contributed by atoms with Crippen molar-refractivity contribution in [1.29, 1.82) is 0 Å². The molecule has 0 radical (unpaired) electrons. The highest BCUT2D eigenvalue weighted by Gasteiger charge is 2.23. The summed E-state index contributed by atoms with van der Waals surface area (Å²) in [6.45, 7) is 1.64. The predicted molar refractivity (Wildman–Crippen MR) is 90.9 cm³/mol. The molecule has 2 aromatic carbocycles. The topological polar surface area (TPSA) is 67.4 Å². The van der Waals surface area contributed by atoms with Crippen molar-refractivity contribution in [1.82, 2.24) is 0 Å². The lowest BCUT2D eigenvalue weighted by molar-refractivity contribution is -0.122. The average molecular weight is 364 g/mol. The Morgan fingerprint density at radius 3 is 2.84 bits per heavy atom. The van der Waals surface area contributed by atoms with Gasteiger partial charge in [0.2, 0.25) is 5.91 Å². The van der Waals surface area contributed by atoms with Crippen LogP contribution < -0.4 is 15.4 Å². The lowest BCUT2D eigenvalue weighted by Gasteiger charge is -2.23. The zero-order valence-corrected chi connectivity index (χ0v) is 14.0. The maximum atomic E-state index is 13.5. The molecule has 3 rings (SSSR count). The van der Waals surface area contributed by atoms with Crippen LogP contribution in [0.25, 0.3) is 0 Å².